The Morgan fingerprint density at radius 3 is 1.78 bits per heavy atom. The number of hydrogen-bond donors (Lipinski definition) is 4. The number of fused-ring (bicyclic) bond motifs is 2. The molecule has 5 heterocycles. The lowest BCUT2D eigenvalue weighted by Crippen LogP contribution is -2.49. The molecule has 6 aromatic rings. The zero-order valence-electron chi connectivity index (χ0n) is 39.5. The topological polar surface area (TPSA) is 261 Å². The van der Waals surface area contributed by atoms with Crippen molar-refractivity contribution in [1.82, 2.24) is 48.5 Å². The number of methoxy groups -OCH3 is 1. The molecule has 362 valence electrons. The number of aromatic carboxylic acids is 1. The predicted octanol–water partition coefficient (Wildman–Crippen LogP) is 4.55. The lowest BCUT2D eigenvalue weighted by atomic mass is 10.1. The van der Waals surface area contributed by atoms with E-state index in [0.717, 1.165) is 0 Å². The Hall–Kier alpha value is -8.19. The second-order valence-corrected chi connectivity index (χ2v) is 16.3. The molecule has 4 amide bonds. The molecule has 1 saturated heterocycles. The van der Waals surface area contributed by atoms with Crippen LogP contribution in [0.25, 0.3) is 22.1 Å². The zero-order valence-corrected chi connectivity index (χ0v) is 39.5. The van der Waals surface area contributed by atoms with E-state index in [4.69, 9.17) is 24.9 Å². The highest BCUT2D eigenvalue weighted by Crippen LogP contribution is 2.33. The normalized spacial score (nSPS) is 13.0. The van der Waals surface area contributed by atoms with Gasteiger partial charge in [-0.3, -0.25) is 39.3 Å². The van der Waals surface area contributed by atoms with E-state index >= 15 is 0 Å². The number of carbonyl (C=O) groups is 5. The summed E-state index contributed by atoms with van der Waals surface area (Å²) in [6, 6.07) is 9.12. The molecule has 5 N–H and O–H groups in total. The number of benzene rings is 2. The number of primary amides is 1. The molecule has 0 radical (unpaired) electrons. The summed E-state index contributed by atoms with van der Waals surface area (Å²) in [7, 11) is 1.41. The van der Waals surface area contributed by atoms with Gasteiger partial charge in [0.25, 0.3) is 11.8 Å². The maximum Gasteiger partial charge on any atom is 0.410 e. The van der Waals surface area contributed by atoms with Crippen LogP contribution in [0.3, 0.4) is 0 Å². The molecule has 0 saturated carbocycles. The van der Waals surface area contributed by atoms with Crippen LogP contribution < -0.4 is 25.8 Å². The van der Waals surface area contributed by atoms with E-state index in [1.54, 1.807) is 61.5 Å². The van der Waals surface area contributed by atoms with Crippen molar-refractivity contribution in [2.45, 2.75) is 73.8 Å². The number of nitrogens with zero attached hydrogens (tertiary/aromatic N) is 10. The van der Waals surface area contributed by atoms with Crippen LogP contribution in [-0.2, 0) is 30.9 Å². The Balaban J connectivity index is 1.20. The highest BCUT2D eigenvalue weighted by Gasteiger charge is 2.25. The third kappa shape index (κ3) is 11.0. The summed E-state index contributed by atoms with van der Waals surface area (Å²) in [6.45, 7) is 14.7. The third-order valence-corrected chi connectivity index (χ3v) is 11.1. The fourth-order valence-corrected chi connectivity index (χ4v) is 7.86. The lowest BCUT2D eigenvalue weighted by molar-refractivity contribution is 0.0593. The molecule has 22 heteroatoms. The Kier molecular flexibility index (Phi) is 15.0. The number of aromatic nitrogens is 8. The molecule has 1 aliphatic heterocycles. The summed E-state index contributed by atoms with van der Waals surface area (Å²) in [4.78, 5) is 77.8. The van der Waals surface area contributed by atoms with E-state index in [1.165, 1.54) is 31.4 Å². The number of rotatable bonds is 17. The van der Waals surface area contributed by atoms with Crippen LogP contribution in [0, 0.1) is 25.7 Å². The molecule has 0 spiro atoms. The summed E-state index contributed by atoms with van der Waals surface area (Å²) < 4.78 is 23.8. The summed E-state index contributed by atoms with van der Waals surface area (Å²) in [5.74, 6) is 4.02. The average molecular weight is 946 g/mol. The van der Waals surface area contributed by atoms with Crippen LogP contribution in [0.4, 0.5) is 16.7 Å². The second-order valence-electron chi connectivity index (χ2n) is 16.3. The highest BCUT2D eigenvalue weighted by atomic mass is 16.6. The Labute approximate surface area is 397 Å². The molecule has 0 unspecified atom stereocenters. The van der Waals surface area contributed by atoms with Crippen molar-refractivity contribution in [3.63, 3.8) is 0 Å². The first-order chi connectivity index (χ1) is 33.1. The van der Waals surface area contributed by atoms with Gasteiger partial charge in [-0.15, -0.1) is 0 Å². The number of nitrogens with one attached hydrogen (secondary N) is 2. The number of allylic oxidation sites excluding steroid dienone is 2. The number of carboxylic acid groups (broad SMARTS) is 1. The number of amides is 4. The van der Waals surface area contributed by atoms with E-state index in [1.807, 2.05) is 27.7 Å². The molecule has 1 fully saturated rings. The third-order valence-electron chi connectivity index (χ3n) is 11.1. The van der Waals surface area contributed by atoms with Crippen molar-refractivity contribution >= 4 is 63.7 Å². The minimum Gasteiger partial charge on any atom is -0.494 e. The summed E-state index contributed by atoms with van der Waals surface area (Å²) in [5.41, 5.74) is 9.20. The van der Waals surface area contributed by atoms with Crippen LogP contribution in [0.1, 0.15) is 80.8 Å². The number of nitrogens with two attached hydrogens (primary N) is 1. The minimum atomic E-state index is -1.18. The average Bonchev–Trinajstić information content (AvgIpc) is 4.09. The van der Waals surface area contributed by atoms with Gasteiger partial charge in [-0.25, -0.2) is 19.6 Å². The molecule has 0 bridgehead atoms. The first kappa shape index (κ1) is 48.7. The fourth-order valence-electron chi connectivity index (χ4n) is 7.86. The minimum absolute atomic E-state index is 0.0556. The molecule has 2 aromatic carbocycles. The van der Waals surface area contributed by atoms with Crippen molar-refractivity contribution in [1.29, 1.82) is 0 Å². The quantitative estimate of drug-likeness (QED) is 0.0723. The van der Waals surface area contributed by atoms with Gasteiger partial charge >= 0.3 is 12.1 Å². The maximum absolute atomic E-state index is 13.9. The summed E-state index contributed by atoms with van der Waals surface area (Å²) in [5, 5.41) is 24.5. The smallest absolute Gasteiger partial charge is 0.410 e. The Morgan fingerprint density at radius 2 is 1.29 bits per heavy atom. The number of anilines is 2. The van der Waals surface area contributed by atoms with E-state index in [0.29, 0.717) is 85.1 Å². The first-order valence-electron chi connectivity index (χ1n) is 22.4. The van der Waals surface area contributed by atoms with Gasteiger partial charge in [0.2, 0.25) is 17.8 Å². The Bertz CT molecular complexity index is 3030. The van der Waals surface area contributed by atoms with E-state index in [9.17, 15) is 29.1 Å². The SMILES string of the molecule is CCn1nc(C)cc1C(=O)Nc1nc2cc(C(=O)O)cc(OC)c2n1C/C=C/Cn1c(NC(=O)c2cc(C)nn2CC)nc2cc(C(N)=O)cc(OCC#CCN3CCN(C(=O)OC(C)C)CC3)c21. The van der Waals surface area contributed by atoms with Crippen LogP contribution in [0.15, 0.2) is 48.6 Å². The lowest BCUT2D eigenvalue weighted by Gasteiger charge is -2.33. The molecule has 69 heavy (non-hydrogen) atoms. The molecular weight excluding hydrogens is 891 g/mol. The van der Waals surface area contributed by atoms with E-state index in [-0.39, 0.29) is 71.9 Å². The fraction of sp³-hybridized carbons (Fsp3) is 0.383. The molecule has 4 aromatic heterocycles. The number of imidazole rings is 2. The van der Waals surface area contributed by atoms with Crippen LogP contribution in [0.2, 0.25) is 0 Å². The van der Waals surface area contributed by atoms with Crippen LogP contribution in [-0.4, -0.2) is 136 Å². The van der Waals surface area contributed by atoms with Crippen molar-refractivity contribution in [2.24, 2.45) is 5.73 Å². The van der Waals surface area contributed by atoms with Gasteiger partial charge in [0.05, 0.1) is 47.7 Å². The van der Waals surface area contributed by atoms with Gasteiger partial charge in [-0.1, -0.05) is 24.0 Å². The van der Waals surface area contributed by atoms with Crippen LogP contribution in [0.5, 0.6) is 11.5 Å². The van der Waals surface area contributed by atoms with Gasteiger partial charge in [0, 0.05) is 57.9 Å². The van der Waals surface area contributed by atoms with E-state index in [2.05, 4.69) is 42.6 Å². The van der Waals surface area contributed by atoms with Gasteiger partial charge < -0.3 is 39.1 Å². The van der Waals surface area contributed by atoms with Gasteiger partial charge in [0.1, 0.15) is 40.5 Å². The monoisotopic (exact) mass is 945 g/mol. The molecule has 0 atom stereocenters. The second kappa shape index (κ2) is 21.2. The number of hydrogen-bond acceptors (Lipinski definition) is 13. The number of aryl methyl sites for hydroxylation is 4. The molecule has 7 rings (SSSR count). The molecular formula is C47H55N13O9. The predicted molar refractivity (Wildman–Crippen MR) is 255 cm³/mol. The van der Waals surface area contributed by atoms with Gasteiger partial charge in [-0.05, 0) is 77.9 Å². The van der Waals surface area contributed by atoms with Crippen molar-refractivity contribution in [3.8, 4) is 23.3 Å². The van der Waals surface area contributed by atoms with Crippen molar-refractivity contribution in [2.75, 3.05) is 57.1 Å². The van der Waals surface area contributed by atoms with Crippen molar-refractivity contribution < 1.29 is 43.3 Å². The number of ether oxygens (including phenoxy) is 3. The molecule has 0 aliphatic carbocycles. The maximum atomic E-state index is 13.9. The van der Waals surface area contributed by atoms with Gasteiger partial charge in [0.15, 0.2) is 0 Å². The molecule has 1 aliphatic rings. The number of carbonyl (C=O) groups excluding carboxylic acids is 4. The Morgan fingerprint density at radius 1 is 0.768 bits per heavy atom. The first-order valence-corrected chi connectivity index (χ1v) is 22.4. The summed E-state index contributed by atoms with van der Waals surface area (Å²) >= 11 is 0. The number of carboxylic acids is 1. The number of piperazine rings is 1. The van der Waals surface area contributed by atoms with Gasteiger partial charge in [-0.2, -0.15) is 10.2 Å². The van der Waals surface area contributed by atoms with Crippen LogP contribution >= 0.6 is 0 Å². The van der Waals surface area contributed by atoms with Crippen molar-refractivity contribution in [3.05, 3.63) is 82.5 Å². The zero-order chi connectivity index (χ0) is 49.5. The standard InChI is InChI=1S/C47H55N13O9/c1-8-59-35(22-29(5)53-59)42(62)51-45-50-34-25-32(44(64)65)27-37(67-7)39(34)57(45)15-10-11-16-58-40-33(49-46(58)52-43(63)36-23-30(6)54-60(36)9-2)24-31(41(48)61)26-38(40)68-21-13-12-14-55-17-19-56(20-18-55)47(66)69-28(3)4/h10-11,22-28H,8-9,14-21H2,1-7H3,(H2,48,61)(H,64,65)(H,49,52,63)(H,50,51,62)/b11-10+. The summed E-state index contributed by atoms with van der Waals surface area (Å²) in [6.07, 6.45) is 3.07. The molecule has 22 nitrogen and oxygen atoms in total. The largest absolute Gasteiger partial charge is 0.494 e. The van der Waals surface area contributed by atoms with E-state index < -0.39 is 23.7 Å². The highest BCUT2D eigenvalue weighted by molar-refractivity contribution is 6.05.